The van der Waals surface area contributed by atoms with Gasteiger partial charge in [0.1, 0.15) is 11.6 Å². The zero-order chi connectivity index (χ0) is 19.9. The molecule has 1 amide bonds. The maximum atomic E-state index is 12.8. The molecule has 0 bridgehead atoms. The first-order valence-electron chi connectivity index (χ1n) is 8.29. The van der Waals surface area contributed by atoms with Crippen molar-refractivity contribution in [1.82, 2.24) is 4.90 Å². The van der Waals surface area contributed by atoms with Crippen LogP contribution < -0.4 is 0 Å². The van der Waals surface area contributed by atoms with Gasteiger partial charge in [-0.15, -0.1) is 11.8 Å². The molecule has 10 heteroatoms. The number of β-lactam (4-membered cyclic amide) rings is 1. The Morgan fingerprint density at radius 3 is 2.52 bits per heavy atom. The zero-order valence-corrected chi connectivity index (χ0v) is 16.4. The number of ether oxygens (including phenoxy) is 1. The summed E-state index contributed by atoms with van der Waals surface area (Å²) in [6.45, 7) is 1.64. The maximum absolute atomic E-state index is 12.8. The molecule has 4 unspecified atom stereocenters. The second-order valence-corrected chi connectivity index (χ2v) is 9.49. The van der Waals surface area contributed by atoms with Crippen molar-refractivity contribution in [1.29, 1.82) is 0 Å². The lowest BCUT2D eigenvalue weighted by Gasteiger charge is -2.43. The highest BCUT2D eigenvalue weighted by Gasteiger charge is 2.64. The standard InChI is InChI=1S/C17H18BNO6S2/c1-17(26)11(15(22)23)19-13(21)10(14(19)27-17)18-12(20)9(16(24)25-2)8-6-4-3-5-7-8/h3-7,9-11,14,18,26H,1-2H3,(H,22,23)/t9?,10?,11-,14?,17?/m0/s1. The van der Waals surface area contributed by atoms with Gasteiger partial charge in [0.25, 0.3) is 0 Å². The molecule has 3 rings (SSSR count). The third-order valence-corrected chi connectivity index (χ3v) is 6.94. The smallest absolute Gasteiger partial charge is 0.328 e. The van der Waals surface area contributed by atoms with Crippen molar-refractivity contribution in [3.05, 3.63) is 35.9 Å². The van der Waals surface area contributed by atoms with Crippen LogP contribution in [0.5, 0.6) is 0 Å². The summed E-state index contributed by atoms with van der Waals surface area (Å²) >= 11 is 5.64. The van der Waals surface area contributed by atoms with E-state index in [0.29, 0.717) is 5.56 Å². The van der Waals surface area contributed by atoms with Crippen molar-refractivity contribution >= 4 is 55.2 Å². The normalized spacial score (nSPS) is 30.1. The Balaban J connectivity index is 1.79. The summed E-state index contributed by atoms with van der Waals surface area (Å²) in [5, 5.41) is 8.97. The molecule has 0 aromatic heterocycles. The van der Waals surface area contributed by atoms with E-state index >= 15 is 0 Å². The summed E-state index contributed by atoms with van der Waals surface area (Å²) in [6.07, 6.45) is 0. The Morgan fingerprint density at radius 1 is 1.33 bits per heavy atom. The predicted molar refractivity (Wildman–Crippen MR) is 104 cm³/mol. The minimum Gasteiger partial charge on any atom is -0.480 e. The van der Waals surface area contributed by atoms with Crippen LogP contribution in [-0.4, -0.2) is 63.4 Å². The number of thiol groups is 1. The van der Waals surface area contributed by atoms with Crippen molar-refractivity contribution in [2.45, 2.75) is 34.2 Å². The highest BCUT2D eigenvalue weighted by Crippen LogP contribution is 2.57. The molecule has 0 aliphatic carbocycles. The van der Waals surface area contributed by atoms with Gasteiger partial charge in [-0.3, -0.25) is 9.59 Å². The summed E-state index contributed by atoms with van der Waals surface area (Å²) in [7, 11) is 1.05. The van der Waals surface area contributed by atoms with E-state index in [2.05, 4.69) is 12.6 Å². The van der Waals surface area contributed by atoms with Gasteiger partial charge >= 0.3 is 11.9 Å². The van der Waals surface area contributed by atoms with Gasteiger partial charge in [0.2, 0.25) is 13.2 Å². The number of methoxy groups -OCH3 is 1. The second kappa shape index (κ2) is 7.24. The molecule has 2 saturated heterocycles. The molecule has 27 heavy (non-hydrogen) atoms. The monoisotopic (exact) mass is 407 g/mol. The predicted octanol–water partition coefficient (Wildman–Crippen LogP) is 0.709. The molecule has 142 valence electrons. The van der Waals surface area contributed by atoms with Gasteiger partial charge in [-0.1, -0.05) is 30.3 Å². The molecule has 1 N–H and O–H groups in total. The van der Waals surface area contributed by atoms with Crippen molar-refractivity contribution < 1.29 is 29.0 Å². The lowest BCUT2D eigenvalue weighted by molar-refractivity contribution is -0.156. The molecule has 2 aliphatic heterocycles. The minimum atomic E-state index is -1.13. The number of esters is 1. The van der Waals surface area contributed by atoms with E-state index in [1.807, 2.05) is 0 Å². The van der Waals surface area contributed by atoms with Crippen molar-refractivity contribution in [3.8, 4) is 0 Å². The number of carbonyl (C=O) groups is 4. The molecule has 5 atom stereocenters. The number of amides is 1. The highest BCUT2D eigenvalue weighted by atomic mass is 32.2. The van der Waals surface area contributed by atoms with Gasteiger partial charge in [0, 0.05) is 0 Å². The molecule has 2 fully saturated rings. The molecule has 0 radical (unpaired) electrons. The average molecular weight is 407 g/mol. The number of hydrogen-bond acceptors (Lipinski definition) is 7. The van der Waals surface area contributed by atoms with E-state index in [1.165, 1.54) is 23.8 Å². The molecule has 0 saturated carbocycles. The van der Waals surface area contributed by atoms with Crippen molar-refractivity contribution in [2.75, 3.05) is 7.11 Å². The number of carbonyl (C=O) groups excluding carboxylic acids is 3. The van der Waals surface area contributed by atoms with Gasteiger partial charge in [-0.25, -0.2) is 4.79 Å². The summed E-state index contributed by atoms with van der Waals surface area (Å²) in [4.78, 5) is 50.3. The molecule has 1 aromatic carbocycles. The largest absolute Gasteiger partial charge is 0.480 e. The third-order valence-electron chi connectivity index (χ3n) is 4.88. The van der Waals surface area contributed by atoms with Crippen LogP contribution in [0.25, 0.3) is 0 Å². The number of thioether (sulfide) groups is 1. The highest BCUT2D eigenvalue weighted by molar-refractivity contribution is 8.12. The Morgan fingerprint density at radius 2 is 1.96 bits per heavy atom. The Bertz CT molecular complexity index is 802. The Hall–Kier alpha value is -1.94. The Kier molecular flexibility index (Phi) is 5.31. The van der Waals surface area contributed by atoms with Crippen LogP contribution >= 0.6 is 24.4 Å². The van der Waals surface area contributed by atoms with Crippen LogP contribution in [0.3, 0.4) is 0 Å². The first-order chi connectivity index (χ1) is 12.7. The number of benzene rings is 1. The molecule has 7 nitrogen and oxygen atoms in total. The van der Waals surface area contributed by atoms with E-state index in [0.717, 1.165) is 0 Å². The van der Waals surface area contributed by atoms with Gasteiger partial charge in [-0.05, 0) is 12.5 Å². The third kappa shape index (κ3) is 3.36. The number of carboxylic acid groups (broad SMARTS) is 1. The van der Waals surface area contributed by atoms with Crippen LogP contribution in [0, 0.1) is 0 Å². The number of fused-ring (bicyclic) bond motifs is 1. The fourth-order valence-corrected chi connectivity index (χ4v) is 5.73. The van der Waals surface area contributed by atoms with Gasteiger partial charge in [0.15, 0.2) is 6.04 Å². The quantitative estimate of drug-likeness (QED) is 0.236. The van der Waals surface area contributed by atoms with Crippen LogP contribution in [0.2, 0.25) is 5.82 Å². The van der Waals surface area contributed by atoms with Crippen LogP contribution in [-0.2, 0) is 23.9 Å². The summed E-state index contributed by atoms with van der Waals surface area (Å²) in [5.74, 6) is -3.99. The number of rotatable bonds is 6. The van der Waals surface area contributed by atoms with E-state index in [9.17, 15) is 24.3 Å². The van der Waals surface area contributed by atoms with E-state index < -0.39 is 50.8 Å². The molecular formula is C17H18BNO6S2. The number of hydrogen-bond donors (Lipinski definition) is 2. The SMILES string of the molecule is COC(=O)C(C(=O)BC1C(=O)N2C1SC(C)(S)[C@@H]2C(=O)O)c1ccccc1. The number of nitrogens with zero attached hydrogens (tertiary/aromatic N) is 1. The topological polar surface area (TPSA) is 101 Å². The first kappa shape index (κ1) is 19.8. The number of carboxylic acids is 1. The van der Waals surface area contributed by atoms with Crippen LogP contribution in [0.1, 0.15) is 18.4 Å². The minimum absolute atomic E-state index is 0.155. The van der Waals surface area contributed by atoms with E-state index in [-0.39, 0.29) is 7.28 Å². The van der Waals surface area contributed by atoms with Gasteiger partial charge in [-0.2, -0.15) is 12.6 Å². The van der Waals surface area contributed by atoms with E-state index in [4.69, 9.17) is 4.74 Å². The lowest BCUT2D eigenvalue weighted by Crippen LogP contribution is -2.62. The van der Waals surface area contributed by atoms with Gasteiger partial charge < -0.3 is 19.5 Å². The first-order valence-corrected chi connectivity index (χ1v) is 9.62. The van der Waals surface area contributed by atoms with Crippen molar-refractivity contribution in [3.63, 3.8) is 0 Å². The fourth-order valence-electron chi connectivity index (χ4n) is 3.62. The molecule has 2 aliphatic rings. The second-order valence-electron chi connectivity index (χ2n) is 6.69. The maximum Gasteiger partial charge on any atom is 0.328 e. The summed E-state index contributed by atoms with van der Waals surface area (Å²) < 4.78 is 3.81. The van der Waals surface area contributed by atoms with Crippen LogP contribution in [0.4, 0.5) is 0 Å². The molecule has 2 heterocycles. The molecule has 0 spiro atoms. The van der Waals surface area contributed by atoms with E-state index in [1.54, 1.807) is 37.3 Å². The van der Waals surface area contributed by atoms with Gasteiger partial charge in [0.05, 0.1) is 22.4 Å². The summed E-state index contributed by atoms with van der Waals surface area (Å²) in [6, 6.07) is 7.45. The zero-order valence-electron chi connectivity index (χ0n) is 14.7. The average Bonchev–Trinajstić information content (AvgIpc) is 2.88. The fraction of sp³-hybridized carbons (Fsp3) is 0.412. The van der Waals surface area contributed by atoms with Crippen LogP contribution in [0.15, 0.2) is 30.3 Å². The molecule has 1 aromatic rings. The van der Waals surface area contributed by atoms with Crippen molar-refractivity contribution in [2.24, 2.45) is 0 Å². The lowest BCUT2D eigenvalue weighted by atomic mass is 9.53. The number of aliphatic carboxylic acids is 1. The molecular weight excluding hydrogens is 389 g/mol. The Labute approximate surface area is 166 Å². The summed E-state index contributed by atoms with van der Waals surface area (Å²) in [5.41, 5.74) is 0.0748.